The van der Waals surface area contributed by atoms with E-state index in [0.717, 1.165) is 0 Å². The second-order valence-electron chi connectivity index (χ2n) is 4.02. The lowest BCUT2D eigenvalue weighted by Gasteiger charge is -2.12. The monoisotopic (exact) mass is 287 g/mol. The van der Waals surface area contributed by atoms with E-state index in [1.165, 1.54) is 30.6 Å². The number of aromatic nitrogens is 2. The molecule has 0 unspecified atom stereocenters. The first kappa shape index (κ1) is 14.3. The molecule has 0 aliphatic heterocycles. The van der Waals surface area contributed by atoms with Crippen molar-refractivity contribution >= 4 is 17.7 Å². The van der Waals surface area contributed by atoms with Crippen molar-refractivity contribution in [3.05, 3.63) is 55.1 Å². The fraction of sp³-hybridized carbons (Fsp3) is 0.0714. The Balaban J connectivity index is 2.34. The van der Waals surface area contributed by atoms with Crippen molar-refractivity contribution in [3.8, 4) is 5.69 Å². The summed E-state index contributed by atoms with van der Waals surface area (Å²) in [7, 11) is 0. The van der Waals surface area contributed by atoms with Gasteiger partial charge in [0.05, 0.1) is 23.3 Å². The van der Waals surface area contributed by atoms with E-state index in [-0.39, 0.29) is 12.2 Å². The molecular formula is C14H13N3O4. The third kappa shape index (κ3) is 3.47. The number of rotatable bonds is 5. The Labute approximate surface area is 120 Å². The quantitative estimate of drug-likeness (QED) is 0.823. The van der Waals surface area contributed by atoms with Crippen molar-refractivity contribution in [2.45, 2.75) is 0 Å². The van der Waals surface area contributed by atoms with Gasteiger partial charge < -0.3 is 14.4 Å². The van der Waals surface area contributed by atoms with Gasteiger partial charge in [0.15, 0.2) is 0 Å². The van der Waals surface area contributed by atoms with E-state index in [0.29, 0.717) is 11.4 Å². The van der Waals surface area contributed by atoms with Crippen molar-refractivity contribution < 1.29 is 19.4 Å². The maximum absolute atomic E-state index is 11.6. The third-order valence-corrected chi connectivity index (χ3v) is 2.60. The zero-order valence-electron chi connectivity index (χ0n) is 11.0. The normalized spacial score (nSPS) is 9.90. The summed E-state index contributed by atoms with van der Waals surface area (Å²) in [4.78, 5) is 26.5. The molecule has 0 radical (unpaired) electrons. The minimum absolute atomic E-state index is 0.0828. The number of hydrogen-bond donors (Lipinski definition) is 2. The number of nitrogens with zero attached hydrogens (tertiary/aromatic N) is 2. The molecule has 7 heteroatoms. The number of benzene rings is 1. The van der Waals surface area contributed by atoms with Gasteiger partial charge in [0, 0.05) is 12.4 Å². The highest BCUT2D eigenvalue weighted by atomic mass is 16.5. The Morgan fingerprint density at radius 1 is 1.48 bits per heavy atom. The largest absolute Gasteiger partial charge is 0.478 e. The van der Waals surface area contributed by atoms with Gasteiger partial charge in [-0.1, -0.05) is 12.7 Å². The Morgan fingerprint density at radius 2 is 2.29 bits per heavy atom. The number of carboxylic acids is 1. The van der Waals surface area contributed by atoms with Crippen molar-refractivity contribution in [2.75, 3.05) is 11.9 Å². The number of aromatic carboxylic acids is 1. The molecule has 0 aliphatic carbocycles. The molecule has 1 heterocycles. The van der Waals surface area contributed by atoms with E-state index >= 15 is 0 Å². The molecule has 0 saturated carbocycles. The maximum atomic E-state index is 11.6. The van der Waals surface area contributed by atoms with Crippen LogP contribution in [0.1, 0.15) is 10.4 Å². The standard InChI is InChI=1S/C14H13N3O4/c1-2-7-21-14(20)16-11-4-3-10(13(18)19)8-12(11)17-6-5-15-9-17/h2-6,8-9H,1,7H2,(H,16,20)(H,18,19). The van der Waals surface area contributed by atoms with Gasteiger partial charge in [-0.15, -0.1) is 0 Å². The van der Waals surface area contributed by atoms with Crippen molar-refractivity contribution in [2.24, 2.45) is 0 Å². The predicted octanol–water partition coefficient (Wildman–Crippen LogP) is 2.30. The van der Waals surface area contributed by atoms with E-state index in [1.807, 2.05) is 0 Å². The lowest BCUT2D eigenvalue weighted by atomic mass is 10.1. The van der Waals surface area contributed by atoms with Crippen LogP contribution in [0.2, 0.25) is 0 Å². The molecule has 1 aromatic carbocycles. The molecule has 21 heavy (non-hydrogen) atoms. The van der Waals surface area contributed by atoms with Crippen LogP contribution in [0.15, 0.2) is 49.6 Å². The van der Waals surface area contributed by atoms with Gasteiger partial charge in [-0.3, -0.25) is 5.32 Å². The number of imidazole rings is 1. The summed E-state index contributed by atoms with van der Waals surface area (Å²) in [6, 6.07) is 4.33. The summed E-state index contributed by atoms with van der Waals surface area (Å²) >= 11 is 0. The molecule has 0 saturated heterocycles. The average Bonchev–Trinajstić information content (AvgIpc) is 2.99. The van der Waals surface area contributed by atoms with Crippen LogP contribution in [0.25, 0.3) is 5.69 Å². The minimum atomic E-state index is -1.06. The van der Waals surface area contributed by atoms with Crippen LogP contribution in [-0.4, -0.2) is 33.3 Å². The number of amides is 1. The highest BCUT2D eigenvalue weighted by Gasteiger charge is 2.12. The highest BCUT2D eigenvalue weighted by Crippen LogP contribution is 2.22. The zero-order valence-corrected chi connectivity index (χ0v) is 11.0. The van der Waals surface area contributed by atoms with Gasteiger partial charge in [-0.05, 0) is 18.2 Å². The van der Waals surface area contributed by atoms with Gasteiger partial charge in [-0.2, -0.15) is 0 Å². The predicted molar refractivity (Wildman–Crippen MR) is 75.7 cm³/mol. The van der Waals surface area contributed by atoms with Crippen molar-refractivity contribution in [1.29, 1.82) is 0 Å². The Morgan fingerprint density at radius 3 is 2.90 bits per heavy atom. The number of carbonyl (C=O) groups excluding carboxylic acids is 1. The van der Waals surface area contributed by atoms with Crippen LogP contribution in [-0.2, 0) is 4.74 Å². The minimum Gasteiger partial charge on any atom is -0.478 e. The first-order chi connectivity index (χ1) is 10.1. The van der Waals surface area contributed by atoms with E-state index in [4.69, 9.17) is 9.84 Å². The fourth-order valence-electron chi connectivity index (χ4n) is 1.67. The average molecular weight is 287 g/mol. The maximum Gasteiger partial charge on any atom is 0.412 e. The molecule has 2 N–H and O–H groups in total. The lowest BCUT2D eigenvalue weighted by Crippen LogP contribution is -2.15. The smallest absolute Gasteiger partial charge is 0.412 e. The van der Waals surface area contributed by atoms with Gasteiger partial charge >= 0.3 is 12.1 Å². The molecule has 0 atom stereocenters. The van der Waals surface area contributed by atoms with E-state index in [2.05, 4.69) is 16.9 Å². The fourth-order valence-corrected chi connectivity index (χ4v) is 1.67. The summed E-state index contributed by atoms with van der Waals surface area (Å²) in [6.07, 6.45) is 5.49. The zero-order chi connectivity index (χ0) is 15.2. The highest BCUT2D eigenvalue weighted by molar-refractivity contribution is 5.92. The van der Waals surface area contributed by atoms with E-state index in [1.54, 1.807) is 17.0 Å². The van der Waals surface area contributed by atoms with Crippen molar-refractivity contribution in [3.63, 3.8) is 0 Å². The van der Waals surface area contributed by atoms with E-state index < -0.39 is 12.1 Å². The Bertz CT molecular complexity index is 665. The van der Waals surface area contributed by atoms with Crippen LogP contribution < -0.4 is 5.32 Å². The van der Waals surface area contributed by atoms with Gasteiger partial charge in [0.2, 0.25) is 0 Å². The number of carbonyl (C=O) groups is 2. The molecule has 0 fully saturated rings. The number of nitrogens with one attached hydrogen (secondary N) is 1. The van der Waals surface area contributed by atoms with E-state index in [9.17, 15) is 9.59 Å². The lowest BCUT2D eigenvalue weighted by molar-refractivity contribution is 0.0697. The first-order valence-corrected chi connectivity index (χ1v) is 6.02. The molecule has 7 nitrogen and oxygen atoms in total. The number of ether oxygens (including phenoxy) is 1. The molecular weight excluding hydrogens is 274 g/mol. The summed E-state index contributed by atoms with van der Waals surface area (Å²) in [5.74, 6) is -1.06. The molecule has 0 aliphatic rings. The molecule has 0 bridgehead atoms. The molecule has 1 amide bonds. The third-order valence-electron chi connectivity index (χ3n) is 2.60. The topological polar surface area (TPSA) is 93.5 Å². The number of carboxylic acid groups (broad SMARTS) is 1. The van der Waals surface area contributed by atoms with Crippen molar-refractivity contribution in [1.82, 2.24) is 9.55 Å². The van der Waals surface area contributed by atoms with Crippen LogP contribution in [0.4, 0.5) is 10.5 Å². The van der Waals surface area contributed by atoms with Gasteiger partial charge in [0.25, 0.3) is 0 Å². The molecule has 1 aromatic heterocycles. The number of anilines is 1. The summed E-state index contributed by atoms with van der Waals surface area (Å²) < 4.78 is 6.43. The summed E-state index contributed by atoms with van der Waals surface area (Å²) in [5.41, 5.74) is 0.985. The molecule has 2 rings (SSSR count). The second kappa shape index (κ2) is 6.38. The van der Waals surface area contributed by atoms with Gasteiger partial charge in [0.1, 0.15) is 6.61 Å². The summed E-state index contributed by atoms with van der Waals surface area (Å²) in [5, 5.41) is 11.6. The van der Waals surface area contributed by atoms with Gasteiger partial charge in [-0.25, -0.2) is 14.6 Å². The Hall–Kier alpha value is -3.09. The van der Waals surface area contributed by atoms with Crippen LogP contribution in [0, 0.1) is 0 Å². The first-order valence-electron chi connectivity index (χ1n) is 6.02. The molecule has 0 spiro atoms. The van der Waals surface area contributed by atoms with Crippen LogP contribution >= 0.6 is 0 Å². The van der Waals surface area contributed by atoms with Crippen LogP contribution in [0.5, 0.6) is 0 Å². The van der Waals surface area contributed by atoms with Crippen LogP contribution in [0.3, 0.4) is 0 Å². The summed E-state index contributed by atoms with van der Waals surface area (Å²) in [6.45, 7) is 3.53. The SMILES string of the molecule is C=CCOC(=O)Nc1ccc(C(=O)O)cc1-n1ccnc1. The number of hydrogen-bond acceptors (Lipinski definition) is 4. The molecule has 2 aromatic rings. The molecule has 108 valence electrons. The Kier molecular flexibility index (Phi) is 4.35. The second-order valence-corrected chi connectivity index (χ2v) is 4.02.